The van der Waals surface area contributed by atoms with E-state index < -0.39 is 5.97 Å². The minimum Gasteiger partial charge on any atom is -0.481 e. The average molecular weight is 248 g/mol. The van der Waals surface area contributed by atoms with Gasteiger partial charge < -0.3 is 10.4 Å². The number of nitrogens with one attached hydrogen (secondary N) is 1. The molecule has 2 N–H and O–H groups in total. The zero-order chi connectivity index (χ0) is 12.0. The highest BCUT2D eigenvalue weighted by atomic mass is 35.5. The van der Waals surface area contributed by atoms with E-state index in [1.807, 2.05) is 0 Å². The predicted molar refractivity (Wildman–Crippen MR) is 61.5 cm³/mol. The standard InChI is InChI=1S/C11H18ClNO3/c12-7-1-2-10(14)13-9-5-3-8(4-6-9)11(15)16/h8-9H,1-7H2,(H,13,14)(H,15,16). The van der Waals surface area contributed by atoms with Crippen LogP contribution in [0.25, 0.3) is 0 Å². The quantitative estimate of drug-likeness (QED) is 0.728. The summed E-state index contributed by atoms with van der Waals surface area (Å²) in [5.74, 6) is -0.415. The van der Waals surface area contributed by atoms with Crippen LogP contribution >= 0.6 is 11.6 Å². The van der Waals surface area contributed by atoms with Gasteiger partial charge in [0.25, 0.3) is 0 Å². The van der Waals surface area contributed by atoms with Crippen molar-refractivity contribution in [2.75, 3.05) is 5.88 Å². The van der Waals surface area contributed by atoms with E-state index in [0.29, 0.717) is 31.6 Å². The van der Waals surface area contributed by atoms with Crippen LogP contribution in [-0.2, 0) is 9.59 Å². The van der Waals surface area contributed by atoms with Crippen molar-refractivity contribution in [2.24, 2.45) is 5.92 Å². The van der Waals surface area contributed by atoms with E-state index in [1.54, 1.807) is 0 Å². The molecule has 0 spiro atoms. The molecule has 1 aliphatic rings. The lowest BCUT2D eigenvalue weighted by Gasteiger charge is -2.26. The lowest BCUT2D eigenvalue weighted by molar-refractivity contribution is -0.142. The number of halogens is 1. The highest BCUT2D eigenvalue weighted by Gasteiger charge is 2.26. The molecule has 4 nitrogen and oxygen atoms in total. The Morgan fingerprint density at radius 2 is 1.88 bits per heavy atom. The second-order valence-electron chi connectivity index (χ2n) is 4.25. The fourth-order valence-corrected chi connectivity index (χ4v) is 2.15. The van der Waals surface area contributed by atoms with E-state index in [9.17, 15) is 9.59 Å². The SMILES string of the molecule is O=C(CCCCl)NC1CCC(C(=O)O)CC1. The smallest absolute Gasteiger partial charge is 0.306 e. The van der Waals surface area contributed by atoms with Crippen molar-refractivity contribution in [3.05, 3.63) is 0 Å². The first kappa shape index (κ1) is 13.3. The molecule has 0 aromatic rings. The topological polar surface area (TPSA) is 66.4 Å². The van der Waals surface area contributed by atoms with Crippen molar-refractivity contribution >= 4 is 23.5 Å². The molecule has 0 heterocycles. The number of carboxylic acids is 1. The number of aliphatic carboxylic acids is 1. The first-order chi connectivity index (χ1) is 7.63. The maximum Gasteiger partial charge on any atom is 0.306 e. The molecule has 16 heavy (non-hydrogen) atoms. The number of amides is 1. The van der Waals surface area contributed by atoms with Crippen LogP contribution in [0.1, 0.15) is 38.5 Å². The van der Waals surface area contributed by atoms with Gasteiger partial charge in [-0.3, -0.25) is 9.59 Å². The minimum atomic E-state index is -0.716. The Morgan fingerprint density at radius 1 is 1.25 bits per heavy atom. The van der Waals surface area contributed by atoms with E-state index in [-0.39, 0.29) is 17.9 Å². The molecule has 0 radical (unpaired) electrons. The van der Waals surface area contributed by atoms with Crippen molar-refractivity contribution in [2.45, 2.75) is 44.6 Å². The van der Waals surface area contributed by atoms with Crippen LogP contribution in [0, 0.1) is 5.92 Å². The largest absolute Gasteiger partial charge is 0.481 e. The Hall–Kier alpha value is -0.770. The van der Waals surface area contributed by atoms with Crippen LogP contribution in [0.4, 0.5) is 0 Å². The summed E-state index contributed by atoms with van der Waals surface area (Å²) < 4.78 is 0. The summed E-state index contributed by atoms with van der Waals surface area (Å²) in [7, 11) is 0. The molecule has 0 aliphatic heterocycles. The van der Waals surface area contributed by atoms with Crippen molar-refractivity contribution in [3.8, 4) is 0 Å². The summed E-state index contributed by atoms with van der Waals surface area (Å²) in [6.07, 6.45) is 4.01. The first-order valence-electron chi connectivity index (χ1n) is 5.71. The Labute approximate surface area is 100 Å². The summed E-state index contributed by atoms with van der Waals surface area (Å²) in [4.78, 5) is 22.1. The van der Waals surface area contributed by atoms with Crippen LogP contribution in [0.5, 0.6) is 0 Å². The Bertz CT molecular complexity index is 250. The third kappa shape index (κ3) is 4.39. The molecule has 5 heteroatoms. The van der Waals surface area contributed by atoms with Gasteiger partial charge in [-0.2, -0.15) is 0 Å². The molecule has 0 aromatic heterocycles. The van der Waals surface area contributed by atoms with Gasteiger partial charge in [-0.15, -0.1) is 11.6 Å². The average Bonchev–Trinajstić information content (AvgIpc) is 2.27. The van der Waals surface area contributed by atoms with Crippen molar-refractivity contribution < 1.29 is 14.7 Å². The summed E-state index contributed by atoms with van der Waals surface area (Å²) in [6.45, 7) is 0. The van der Waals surface area contributed by atoms with Crippen LogP contribution in [0.2, 0.25) is 0 Å². The zero-order valence-electron chi connectivity index (χ0n) is 9.25. The molecule has 0 aromatic carbocycles. The zero-order valence-corrected chi connectivity index (χ0v) is 10.0. The maximum absolute atomic E-state index is 11.4. The number of rotatable bonds is 5. The number of hydrogen-bond acceptors (Lipinski definition) is 2. The van der Waals surface area contributed by atoms with Crippen LogP contribution in [0.3, 0.4) is 0 Å². The van der Waals surface area contributed by atoms with Crippen molar-refractivity contribution in [1.29, 1.82) is 0 Å². The van der Waals surface area contributed by atoms with E-state index in [1.165, 1.54) is 0 Å². The molecule has 0 saturated heterocycles. The van der Waals surface area contributed by atoms with Gasteiger partial charge in [0.05, 0.1) is 5.92 Å². The van der Waals surface area contributed by atoms with Gasteiger partial charge >= 0.3 is 5.97 Å². The number of alkyl halides is 1. The highest BCUT2D eigenvalue weighted by Crippen LogP contribution is 2.24. The van der Waals surface area contributed by atoms with Gasteiger partial charge in [-0.1, -0.05) is 0 Å². The molecule has 1 amide bonds. The lowest BCUT2D eigenvalue weighted by Crippen LogP contribution is -2.38. The van der Waals surface area contributed by atoms with E-state index in [2.05, 4.69) is 5.32 Å². The van der Waals surface area contributed by atoms with E-state index in [0.717, 1.165) is 12.8 Å². The number of carbonyl (C=O) groups is 2. The molecular formula is C11H18ClNO3. The van der Waals surface area contributed by atoms with Gasteiger partial charge in [0.2, 0.25) is 5.91 Å². The van der Waals surface area contributed by atoms with Gasteiger partial charge in [0.1, 0.15) is 0 Å². The molecule has 1 saturated carbocycles. The highest BCUT2D eigenvalue weighted by molar-refractivity contribution is 6.17. The van der Waals surface area contributed by atoms with Crippen LogP contribution < -0.4 is 5.32 Å². The van der Waals surface area contributed by atoms with Crippen LogP contribution in [0.15, 0.2) is 0 Å². The van der Waals surface area contributed by atoms with Gasteiger partial charge in [0, 0.05) is 18.3 Å². The fraction of sp³-hybridized carbons (Fsp3) is 0.818. The third-order valence-electron chi connectivity index (χ3n) is 2.98. The normalized spacial score (nSPS) is 25.1. The predicted octanol–water partition coefficient (Wildman–Crippen LogP) is 1.76. The van der Waals surface area contributed by atoms with Gasteiger partial charge in [-0.05, 0) is 32.1 Å². The fourth-order valence-electron chi connectivity index (χ4n) is 2.01. The number of carbonyl (C=O) groups excluding carboxylic acids is 1. The number of carboxylic acid groups (broad SMARTS) is 1. The molecule has 1 rings (SSSR count). The molecule has 92 valence electrons. The molecule has 1 fully saturated rings. The monoisotopic (exact) mass is 247 g/mol. The number of hydrogen-bond donors (Lipinski definition) is 2. The van der Waals surface area contributed by atoms with E-state index >= 15 is 0 Å². The second-order valence-corrected chi connectivity index (χ2v) is 4.62. The van der Waals surface area contributed by atoms with Crippen LogP contribution in [-0.4, -0.2) is 28.9 Å². The van der Waals surface area contributed by atoms with Gasteiger partial charge in [-0.25, -0.2) is 0 Å². The summed E-state index contributed by atoms with van der Waals surface area (Å²) >= 11 is 5.50. The summed E-state index contributed by atoms with van der Waals surface area (Å²) in [5.41, 5.74) is 0. The van der Waals surface area contributed by atoms with Crippen molar-refractivity contribution in [3.63, 3.8) is 0 Å². The Morgan fingerprint density at radius 3 is 2.38 bits per heavy atom. The second kappa shape index (κ2) is 6.74. The molecule has 0 unspecified atom stereocenters. The molecule has 0 atom stereocenters. The molecule has 1 aliphatic carbocycles. The van der Waals surface area contributed by atoms with E-state index in [4.69, 9.17) is 16.7 Å². The molecule has 0 bridgehead atoms. The lowest BCUT2D eigenvalue weighted by atomic mass is 9.86. The van der Waals surface area contributed by atoms with Crippen molar-refractivity contribution in [1.82, 2.24) is 5.32 Å². The summed E-state index contributed by atoms with van der Waals surface area (Å²) in [5, 5.41) is 11.7. The Kier molecular flexibility index (Phi) is 5.60. The first-order valence-corrected chi connectivity index (χ1v) is 6.25. The minimum absolute atomic E-state index is 0.0272. The third-order valence-corrected chi connectivity index (χ3v) is 3.25. The maximum atomic E-state index is 11.4. The van der Waals surface area contributed by atoms with Gasteiger partial charge in [0.15, 0.2) is 0 Å². The molecular weight excluding hydrogens is 230 g/mol. The summed E-state index contributed by atoms with van der Waals surface area (Å²) in [6, 6.07) is 0.151. The Balaban J connectivity index is 2.21.